The van der Waals surface area contributed by atoms with E-state index in [1.165, 1.54) is 0 Å². The molecule has 1 N–H and O–H groups in total. The molecule has 0 saturated heterocycles. The molecule has 13 heteroatoms. The maximum atomic E-state index is 13.0. The van der Waals surface area contributed by atoms with E-state index in [4.69, 9.17) is 0 Å². The Morgan fingerprint density at radius 1 is 0.593 bits per heavy atom. The Kier molecular flexibility index (Phi) is 5.33. The van der Waals surface area contributed by atoms with Gasteiger partial charge in [-0.05, 0) is 24.3 Å². The summed E-state index contributed by atoms with van der Waals surface area (Å²) in [7, 11) is -10.7. The molecule has 2 aromatic carbocycles. The van der Waals surface area contributed by atoms with Crippen molar-refractivity contribution in [2.75, 3.05) is 0 Å². The third-order valence-corrected chi connectivity index (χ3v) is 6.81. The van der Waals surface area contributed by atoms with Gasteiger partial charge in [0.25, 0.3) is 20.0 Å². The van der Waals surface area contributed by atoms with E-state index in [1.807, 2.05) is 0 Å². The molecule has 0 amide bonds. The van der Waals surface area contributed by atoms with Crippen LogP contribution in [0.15, 0.2) is 58.3 Å². The molecule has 0 bridgehead atoms. The first-order chi connectivity index (χ1) is 12.2. The molecule has 0 atom stereocenters. The van der Waals surface area contributed by atoms with E-state index < -0.39 is 53.3 Å². The summed E-state index contributed by atoms with van der Waals surface area (Å²) < 4.78 is 127. The van der Waals surface area contributed by atoms with Gasteiger partial charge in [-0.25, -0.2) is 16.8 Å². The van der Waals surface area contributed by atoms with Crippen LogP contribution in [0, 0.1) is 0 Å². The van der Waals surface area contributed by atoms with Crippen LogP contribution < -0.4 is 4.13 Å². The Bertz CT molecular complexity index is 974. The molecule has 0 radical (unpaired) electrons. The van der Waals surface area contributed by atoms with Crippen molar-refractivity contribution in [2.24, 2.45) is 0 Å². The number of rotatable bonds is 4. The average Bonchev–Trinajstić information content (AvgIpc) is 2.52. The summed E-state index contributed by atoms with van der Waals surface area (Å²) in [4.78, 5) is -2.88. The fourth-order valence-electron chi connectivity index (χ4n) is 2.10. The first kappa shape index (κ1) is 21.2. The maximum Gasteiger partial charge on any atom is 0.417 e. The summed E-state index contributed by atoms with van der Waals surface area (Å²) in [5, 5.41) is 0. The Labute approximate surface area is 149 Å². The van der Waals surface area contributed by atoms with E-state index in [2.05, 4.69) is 0 Å². The molecule has 0 aliphatic carbocycles. The minimum Gasteiger partial charge on any atom is -0.206 e. The number of hydrogen-bond acceptors (Lipinski definition) is 4. The van der Waals surface area contributed by atoms with Gasteiger partial charge in [0.15, 0.2) is 0 Å². The number of sulfonamides is 2. The van der Waals surface area contributed by atoms with Crippen molar-refractivity contribution in [3.63, 3.8) is 0 Å². The molecular formula is C14H9F6NO4S2. The fourth-order valence-corrected chi connectivity index (χ4v) is 5.44. The van der Waals surface area contributed by atoms with Crippen LogP contribution in [0.1, 0.15) is 11.1 Å². The number of hydrogen-bond donors (Lipinski definition) is 1. The first-order valence-electron chi connectivity index (χ1n) is 6.77. The molecule has 0 heterocycles. The Hall–Kier alpha value is -2.12. The molecule has 0 saturated carbocycles. The third kappa shape index (κ3) is 4.59. The molecular weight excluding hydrogens is 424 g/mol. The van der Waals surface area contributed by atoms with Gasteiger partial charge in [-0.15, -0.1) is 4.13 Å². The molecule has 0 fully saturated rings. The van der Waals surface area contributed by atoms with Crippen LogP contribution in [0.5, 0.6) is 0 Å². The molecule has 2 aromatic rings. The van der Waals surface area contributed by atoms with Gasteiger partial charge in [0.1, 0.15) is 0 Å². The SMILES string of the molecule is O=S(=O)(NS(=O)(=O)c1ccccc1C(F)(F)F)c1ccccc1C(F)(F)F. The van der Waals surface area contributed by atoms with Gasteiger partial charge in [0, 0.05) is 0 Å². The van der Waals surface area contributed by atoms with Gasteiger partial charge >= 0.3 is 12.4 Å². The molecule has 0 spiro atoms. The van der Waals surface area contributed by atoms with Crippen LogP contribution >= 0.6 is 0 Å². The van der Waals surface area contributed by atoms with Crippen LogP contribution in [0.25, 0.3) is 0 Å². The Morgan fingerprint density at radius 3 is 1.19 bits per heavy atom. The monoisotopic (exact) mass is 433 g/mol. The van der Waals surface area contributed by atoms with Crippen LogP contribution in [0.3, 0.4) is 0 Å². The molecule has 0 aliphatic heterocycles. The number of benzene rings is 2. The van der Waals surface area contributed by atoms with Gasteiger partial charge < -0.3 is 0 Å². The van der Waals surface area contributed by atoms with Gasteiger partial charge in [0.05, 0.1) is 20.9 Å². The number of nitrogens with one attached hydrogen (secondary N) is 1. The summed E-state index contributed by atoms with van der Waals surface area (Å²) >= 11 is 0. The number of halogens is 6. The minimum atomic E-state index is -5.37. The highest BCUT2D eigenvalue weighted by Crippen LogP contribution is 2.36. The zero-order valence-electron chi connectivity index (χ0n) is 12.8. The average molecular weight is 433 g/mol. The summed E-state index contributed by atoms with van der Waals surface area (Å²) in [6, 6.07) is 5.30. The molecule has 148 valence electrons. The summed E-state index contributed by atoms with van der Waals surface area (Å²) in [6.07, 6.45) is -10.3. The van der Waals surface area contributed by atoms with Crippen LogP contribution in [0.2, 0.25) is 0 Å². The zero-order valence-corrected chi connectivity index (χ0v) is 14.5. The standard InChI is InChI=1S/C14H9F6NO4S2/c15-13(16,17)9-5-1-3-7-11(9)26(22,23)21-27(24,25)12-8-4-2-6-10(12)14(18,19)20/h1-8,21H. The van der Waals surface area contributed by atoms with Crippen LogP contribution in [-0.2, 0) is 32.4 Å². The summed E-state index contributed by atoms with van der Waals surface area (Å²) in [5.74, 6) is 0. The van der Waals surface area contributed by atoms with Crippen molar-refractivity contribution in [3.05, 3.63) is 59.7 Å². The highest BCUT2D eigenvalue weighted by molar-refractivity contribution is 8.04. The van der Waals surface area contributed by atoms with E-state index >= 15 is 0 Å². The second kappa shape index (κ2) is 6.80. The molecule has 2 rings (SSSR count). The molecule has 0 aromatic heterocycles. The fraction of sp³-hybridized carbons (Fsp3) is 0.143. The molecule has 0 aliphatic rings. The molecule has 5 nitrogen and oxygen atoms in total. The second-order valence-corrected chi connectivity index (χ2v) is 8.64. The quantitative estimate of drug-likeness (QED) is 0.750. The van der Waals surface area contributed by atoms with Crippen molar-refractivity contribution < 1.29 is 43.2 Å². The normalized spacial score (nSPS) is 13.6. The molecule has 0 unspecified atom stereocenters. The Balaban J connectivity index is 2.58. The van der Waals surface area contributed by atoms with Crippen molar-refractivity contribution in [2.45, 2.75) is 22.1 Å². The van der Waals surface area contributed by atoms with Crippen molar-refractivity contribution >= 4 is 20.0 Å². The number of alkyl halides is 6. The van der Waals surface area contributed by atoms with Crippen LogP contribution in [0.4, 0.5) is 26.3 Å². The van der Waals surface area contributed by atoms with E-state index in [0.717, 1.165) is 28.4 Å². The highest BCUT2D eigenvalue weighted by Gasteiger charge is 2.41. The van der Waals surface area contributed by atoms with E-state index in [0.29, 0.717) is 24.3 Å². The lowest BCUT2D eigenvalue weighted by Crippen LogP contribution is -2.33. The highest BCUT2D eigenvalue weighted by atomic mass is 32.3. The topological polar surface area (TPSA) is 80.3 Å². The van der Waals surface area contributed by atoms with E-state index in [9.17, 15) is 43.2 Å². The predicted molar refractivity (Wildman–Crippen MR) is 80.4 cm³/mol. The lowest BCUT2D eigenvalue weighted by Gasteiger charge is -2.16. The Morgan fingerprint density at radius 2 is 0.889 bits per heavy atom. The largest absolute Gasteiger partial charge is 0.417 e. The third-order valence-electron chi connectivity index (χ3n) is 3.18. The van der Waals surface area contributed by atoms with Crippen molar-refractivity contribution in [3.8, 4) is 0 Å². The first-order valence-corrected chi connectivity index (χ1v) is 9.74. The molecule has 27 heavy (non-hydrogen) atoms. The lowest BCUT2D eigenvalue weighted by atomic mass is 10.2. The van der Waals surface area contributed by atoms with Gasteiger partial charge in [-0.2, -0.15) is 26.3 Å². The van der Waals surface area contributed by atoms with Gasteiger partial charge in [-0.3, -0.25) is 0 Å². The summed E-state index contributed by atoms with van der Waals surface area (Å²) in [6.45, 7) is 0. The van der Waals surface area contributed by atoms with Gasteiger partial charge in [-0.1, -0.05) is 24.3 Å². The van der Waals surface area contributed by atoms with Crippen LogP contribution in [-0.4, -0.2) is 16.8 Å². The second-order valence-electron chi connectivity index (χ2n) is 5.08. The minimum absolute atomic E-state index is 0.394. The smallest absolute Gasteiger partial charge is 0.206 e. The lowest BCUT2D eigenvalue weighted by molar-refractivity contribution is -0.140. The van der Waals surface area contributed by atoms with E-state index in [-0.39, 0.29) is 0 Å². The predicted octanol–water partition coefficient (Wildman–Crippen LogP) is 3.39. The van der Waals surface area contributed by atoms with E-state index in [1.54, 1.807) is 0 Å². The van der Waals surface area contributed by atoms with Crippen molar-refractivity contribution in [1.29, 1.82) is 0 Å². The maximum absolute atomic E-state index is 13.0. The summed E-state index contributed by atoms with van der Waals surface area (Å²) in [5.41, 5.74) is -3.34. The zero-order chi connectivity index (χ0) is 20.7. The van der Waals surface area contributed by atoms with Gasteiger partial charge in [0.2, 0.25) is 0 Å². The van der Waals surface area contributed by atoms with Crippen molar-refractivity contribution in [1.82, 2.24) is 4.13 Å².